The number of ether oxygens (including phenoxy) is 2. The van der Waals surface area contributed by atoms with Crippen LogP contribution in [0.4, 0.5) is 0 Å². The number of nitrogens with one attached hydrogen (secondary N) is 3. The number of rotatable bonds is 10. The molecule has 1 aliphatic heterocycles. The van der Waals surface area contributed by atoms with Crippen molar-refractivity contribution in [1.82, 2.24) is 20.6 Å². The first kappa shape index (κ1) is 26.8. The zero-order valence-corrected chi connectivity index (χ0v) is 23.7. The molecule has 40 heavy (non-hydrogen) atoms. The fraction of sp³-hybridized carbons (Fsp3) is 0.531. The van der Waals surface area contributed by atoms with Gasteiger partial charge in [0.05, 0.1) is 29.7 Å². The SMILES string of the molecule is CCNC(=O)[C@H](NC(=O)C(C)(COC)c1ccc2[nH]c(C[C@H]3c4ccccc4OCC34CC4)nc2c1)C1CCC1. The predicted molar refractivity (Wildman–Crippen MR) is 153 cm³/mol. The summed E-state index contributed by atoms with van der Waals surface area (Å²) < 4.78 is 11.7. The number of carbonyl (C=O) groups excluding carboxylic acids is 2. The number of nitrogens with zero attached hydrogens (tertiary/aromatic N) is 1. The molecule has 0 bridgehead atoms. The van der Waals surface area contributed by atoms with Crippen LogP contribution in [0.5, 0.6) is 5.75 Å². The quantitative estimate of drug-likeness (QED) is 0.351. The molecule has 0 radical (unpaired) electrons. The second-order valence-electron chi connectivity index (χ2n) is 12.2. The molecule has 6 rings (SSSR count). The first-order valence-corrected chi connectivity index (χ1v) is 14.7. The molecule has 1 unspecified atom stereocenters. The van der Waals surface area contributed by atoms with Gasteiger partial charge in [-0.3, -0.25) is 9.59 Å². The number of hydrogen-bond acceptors (Lipinski definition) is 5. The summed E-state index contributed by atoms with van der Waals surface area (Å²) >= 11 is 0. The van der Waals surface area contributed by atoms with Crippen LogP contribution in [0, 0.1) is 11.3 Å². The number of fused-ring (bicyclic) bond motifs is 2. The lowest BCUT2D eigenvalue weighted by atomic mass is 9.77. The van der Waals surface area contributed by atoms with Gasteiger partial charge in [0.2, 0.25) is 11.8 Å². The molecule has 1 aromatic heterocycles. The van der Waals surface area contributed by atoms with Crippen molar-refractivity contribution in [3.8, 4) is 5.75 Å². The van der Waals surface area contributed by atoms with Crippen molar-refractivity contribution in [2.24, 2.45) is 11.3 Å². The first-order chi connectivity index (χ1) is 19.4. The summed E-state index contributed by atoms with van der Waals surface area (Å²) in [5.74, 6) is 2.14. The number of benzene rings is 2. The van der Waals surface area contributed by atoms with Crippen LogP contribution in [0.2, 0.25) is 0 Å². The average Bonchev–Trinajstić information content (AvgIpc) is 3.58. The summed E-state index contributed by atoms with van der Waals surface area (Å²) in [6.45, 7) is 5.26. The minimum Gasteiger partial charge on any atom is -0.493 e. The minimum absolute atomic E-state index is 0.115. The number of hydrogen-bond donors (Lipinski definition) is 3. The molecular formula is C32H40N4O4. The van der Waals surface area contributed by atoms with Crippen molar-refractivity contribution in [3.63, 3.8) is 0 Å². The summed E-state index contributed by atoms with van der Waals surface area (Å²) in [4.78, 5) is 35.2. The van der Waals surface area contributed by atoms with Gasteiger partial charge in [-0.1, -0.05) is 30.7 Å². The minimum atomic E-state index is -0.978. The highest BCUT2D eigenvalue weighted by Crippen LogP contribution is 2.60. The topological polar surface area (TPSA) is 105 Å². The van der Waals surface area contributed by atoms with Crippen molar-refractivity contribution >= 4 is 22.8 Å². The van der Waals surface area contributed by atoms with E-state index in [4.69, 9.17) is 14.5 Å². The molecule has 3 atom stereocenters. The lowest BCUT2D eigenvalue weighted by Gasteiger charge is -2.36. The summed E-state index contributed by atoms with van der Waals surface area (Å²) in [5.41, 5.74) is 3.08. The fourth-order valence-electron chi connectivity index (χ4n) is 6.55. The Kier molecular flexibility index (Phi) is 7.07. The van der Waals surface area contributed by atoms with Crippen molar-refractivity contribution in [2.45, 2.75) is 69.7 Å². The standard InChI is InChI=1S/C32H40N4O4/c1-4-33-29(37)28(20-8-7-9-20)36-30(38)31(2,18-39-3)21-12-13-24-25(16-21)35-27(34-24)17-23-22-10-5-6-11-26(22)40-19-32(23)14-15-32/h5-6,10-13,16,20,23,28H,4,7-9,14-15,17-19H2,1-3H3,(H,33,37)(H,34,35)(H,36,38)/t23-,28+,31?/m0/s1. The zero-order chi connectivity index (χ0) is 27.9. The van der Waals surface area contributed by atoms with E-state index in [9.17, 15) is 9.59 Å². The molecule has 8 heteroatoms. The Morgan fingerprint density at radius 3 is 2.73 bits per heavy atom. The largest absolute Gasteiger partial charge is 0.493 e. The van der Waals surface area contributed by atoms with Gasteiger partial charge in [-0.15, -0.1) is 0 Å². The number of H-pyrrole nitrogens is 1. The van der Waals surface area contributed by atoms with E-state index in [2.05, 4.69) is 33.8 Å². The molecule has 3 N–H and O–H groups in total. The van der Waals surface area contributed by atoms with Gasteiger partial charge in [-0.2, -0.15) is 0 Å². The molecule has 2 aromatic carbocycles. The third kappa shape index (κ3) is 4.76. The van der Waals surface area contributed by atoms with Crippen LogP contribution in [-0.4, -0.2) is 54.7 Å². The van der Waals surface area contributed by atoms with E-state index >= 15 is 0 Å². The van der Waals surface area contributed by atoms with Crippen LogP contribution in [0.1, 0.15) is 68.8 Å². The number of likely N-dealkylation sites (N-methyl/N-ethyl adjacent to an activating group) is 1. The van der Waals surface area contributed by atoms with Crippen LogP contribution in [0.25, 0.3) is 11.0 Å². The molecule has 2 aliphatic carbocycles. The monoisotopic (exact) mass is 544 g/mol. The highest BCUT2D eigenvalue weighted by molar-refractivity contribution is 5.94. The number of para-hydroxylation sites is 1. The Bertz CT molecular complexity index is 1410. The third-order valence-corrected chi connectivity index (χ3v) is 9.48. The van der Waals surface area contributed by atoms with Crippen LogP contribution < -0.4 is 15.4 Å². The summed E-state index contributed by atoms with van der Waals surface area (Å²) in [6, 6.07) is 13.8. The normalized spacial score (nSPS) is 21.5. The van der Waals surface area contributed by atoms with Gasteiger partial charge >= 0.3 is 0 Å². The van der Waals surface area contributed by atoms with Crippen molar-refractivity contribution < 1.29 is 19.1 Å². The predicted octanol–water partition coefficient (Wildman–Crippen LogP) is 4.39. The molecule has 2 saturated carbocycles. The van der Waals surface area contributed by atoms with Crippen LogP contribution in [0.15, 0.2) is 42.5 Å². The molecule has 0 saturated heterocycles. The molecule has 2 fully saturated rings. The van der Waals surface area contributed by atoms with Crippen LogP contribution >= 0.6 is 0 Å². The molecule has 1 spiro atoms. The smallest absolute Gasteiger partial charge is 0.242 e. The summed E-state index contributed by atoms with van der Waals surface area (Å²) in [6.07, 6.45) is 6.16. The Morgan fingerprint density at radius 1 is 1.23 bits per heavy atom. The lowest BCUT2D eigenvalue weighted by Crippen LogP contribution is -2.57. The van der Waals surface area contributed by atoms with E-state index in [1.165, 1.54) is 18.4 Å². The number of methoxy groups -OCH3 is 1. The Labute approximate surface area is 235 Å². The number of amides is 2. The maximum Gasteiger partial charge on any atom is 0.242 e. The summed E-state index contributed by atoms with van der Waals surface area (Å²) in [7, 11) is 1.60. The second-order valence-corrected chi connectivity index (χ2v) is 12.2. The molecule has 8 nitrogen and oxygen atoms in total. The number of imidazole rings is 1. The van der Waals surface area contributed by atoms with Gasteiger partial charge < -0.3 is 25.1 Å². The molecule has 212 valence electrons. The molecule has 2 amide bonds. The second kappa shape index (κ2) is 10.5. The van der Waals surface area contributed by atoms with Crippen LogP contribution in [0.3, 0.4) is 0 Å². The first-order valence-electron chi connectivity index (χ1n) is 14.7. The Balaban J connectivity index is 1.26. The third-order valence-electron chi connectivity index (χ3n) is 9.48. The van der Waals surface area contributed by atoms with Gasteiger partial charge in [0.25, 0.3) is 0 Å². The van der Waals surface area contributed by atoms with E-state index in [0.29, 0.717) is 12.5 Å². The van der Waals surface area contributed by atoms with Crippen molar-refractivity contribution in [1.29, 1.82) is 0 Å². The highest BCUT2D eigenvalue weighted by atomic mass is 16.5. The lowest BCUT2D eigenvalue weighted by molar-refractivity contribution is -0.135. The number of aromatic amines is 1. The fourth-order valence-corrected chi connectivity index (χ4v) is 6.55. The average molecular weight is 545 g/mol. The number of aromatic nitrogens is 2. The van der Waals surface area contributed by atoms with E-state index < -0.39 is 11.5 Å². The molecular weight excluding hydrogens is 504 g/mol. The van der Waals surface area contributed by atoms with Gasteiger partial charge in [0.15, 0.2) is 0 Å². The van der Waals surface area contributed by atoms with E-state index in [1.807, 2.05) is 38.1 Å². The molecule has 2 heterocycles. The van der Waals surface area contributed by atoms with Crippen molar-refractivity contribution in [3.05, 3.63) is 59.4 Å². The highest BCUT2D eigenvalue weighted by Gasteiger charge is 2.53. The van der Waals surface area contributed by atoms with E-state index in [1.54, 1.807) is 7.11 Å². The number of carbonyl (C=O) groups is 2. The molecule has 3 aliphatic rings. The van der Waals surface area contributed by atoms with Gasteiger partial charge in [-0.05, 0) is 74.8 Å². The Hall–Kier alpha value is -3.39. The Morgan fingerprint density at radius 2 is 2.02 bits per heavy atom. The van der Waals surface area contributed by atoms with E-state index in [-0.39, 0.29) is 29.8 Å². The maximum absolute atomic E-state index is 13.8. The van der Waals surface area contributed by atoms with E-state index in [0.717, 1.165) is 60.5 Å². The summed E-state index contributed by atoms with van der Waals surface area (Å²) in [5, 5.41) is 5.98. The van der Waals surface area contributed by atoms with Crippen LogP contribution in [-0.2, 0) is 26.2 Å². The van der Waals surface area contributed by atoms with Gasteiger partial charge in [0.1, 0.15) is 17.6 Å². The zero-order valence-electron chi connectivity index (χ0n) is 23.7. The van der Waals surface area contributed by atoms with Gasteiger partial charge in [-0.25, -0.2) is 4.98 Å². The van der Waals surface area contributed by atoms with Crippen molar-refractivity contribution in [2.75, 3.05) is 26.9 Å². The molecule has 3 aromatic rings. The maximum atomic E-state index is 13.8. The van der Waals surface area contributed by atoms with Gasteiger partial charge in [0, 0.05) is 31.4 Å².